The summed E-state index contributed by atoms with van der Waals surface area (Å²) < 4.78 is 8.20. The molecule has 5 heteroatoms. The van der Waals surface area contributed by atoms with Gasteiger partial charge in [0.05, 0.1) is 11.2 Å². The third-order valence-electron chi connectivity index (χ3n) is 2.61. The van der Waals surface area contributed by atoms with Crippen molar-refractivity contribution in [3.8, 4) is 11.6 Å². The lowest BCUT2D eigenvalue weighted by Crippen LogP contribution is -1.96. The predicted octanol–water partition coefficient (Wildman–Crippen LogP) is 2.82. The average molecular weight is 292 g/mol. The van der Waals surface area contributed by atoms with Gasteiger partial charge in [-0.05, 0) is 40.2 Å². The summed E-state index contributed by atoms with van der Waals surface area (Å²) in [7, 11) is 0. The second-order valence-electron chi connectivity index (χ2n) is 3.65. The van der Waals surface area contributed by atoms with Crippen LogP contribution in [0.25, 0.3) is 17.1 Å². The van der Waals surface area contributed by atoms with E-state index in [1.807, 2.05) is 40.9 Å². The Hall–Kier alpha value is -1.59. The molecule has 0 saturated heterocycles. The number of pyridine rings is 1. The van der Waals surface area contributed by atoms with Crippen molar-refractivity contribution in [1.29, 1.82) is 0 Å². The average Bonchev–Trinajstić information content (AvgIpc) is 2.92. The Kier molecular flexibility index (Phi) is 2.49. The van der Waals surface area contributed by atoms with Gasteiger partial charge in [-0.2, -0.15) is 0 Å². The zero-order valence-electron chi connectivity index (χ0n) is 8.93. The van der Waals surface area contributed by atoms with Crippen LogP contribution < -0.4 is 5.73 Å². The van der Waals surface area contributed by atoms with Gasteiger partial charge in [0.1, 0.15) is 0 Å². The Bertz CT molecular complexity index is 671. The third-order valence-corrected chi connectivity index (χ3v) is 3.04. The Morgan fingerprint density at radius 3 is 2.88 bits per heavy atom. The molecule has 0 fully saturated rings. The fourth-order valence-electron chi connectivity index (χ4n) is 1.86. The van der Waals surface area contributed by atoms with Gasteiger partial charge in [-0.25, -0.2) is 4.98 Å². The molecule has 0 aliphatic carbocycles. The number of nitrogens with zero attached hydrogens (tertiary/aromatic N) is 2. The van der Waals surface area contributed by atoms with Gasteiger partial charge in [0.15, 0.2) is 16.3 Å². The number of rotatable bonds is 2. The van der Waals surface area contributed by atoms with Gasteiger partial charge in [0, 0.05) is 12.7 Å². The van der Waals surface area contributed by atoms with Crippen molar-refractivity contribution in [2.24, 2.45) is 5.73 Å². The maximum Gasteiger partial charge on any atom is 0.181 e. The van der Waals surface area contributed by atoms with E-state index in [-0.39, 0.29) is 0 Å². The van der Waals surface area contributed by atoms with E-state index in [9.17, 15) is 0 Å². The molecule has 4 nitrogen and oxygen atoms in total. The van der Waals surface area contributed by atoms with Crippen LogP contribution in [-0.4, -0.2) is 9.38 Å². The number of aromatic nitrogens is 2. The molecule has 0 aliphatic heterocycles. The third kappa shape index (κ3) is 1.67. The number of halogens is 1. The monoisotopic (exact) mass is 291 g/mol. The van der Waals surface area contributed by atoms with E-state index in [0.717, 1.165) is 22.8 Å². The number of fused-ring (bicyclic) bond motifs is 1. The first-order valence-electron chi connectivity index (χ1n) is 5.21. The molecule has 0 aliphatic rings. The van der Waals surface area contributed by atoms with Crippen LogP contribution in [0.4, 0.5) is 0 Å². The van der Waals surface area contributed by atoms with Crippen molar-refractivity contribution >= 4 is 21.4 Å². The van der Waals surface area contributed by atoms with Crippen molar-refractivity contribution in [2.45, 2.75) is 6.54 Å². The van der Waals surface area contributed by atoms with Crippen LogP contribution in [0.5, 0.6) is 0 Å². The smallest absolute Gasteiger partial charge is 0.181 e. The molecule has 0 aromatic carbocycles. The highest BCUT2D eigenvalue weighted by Crippen LogP contribution is 2.26. The summed E-state index contributed by atoms with van der Waals surface area (Å²) in [5.41, 5.74) is 7.58. The van der Waals surface area contributed by atoms with Gasteiger partial charge in [0.25, 0.3) is 0 Å². The zero-order valence-corrected chi connectivity index (χ0v) is 10.5. The molecule has 0 saturated carbocycles. The normalized spacial score (nSPS) is 11.2. The highest BCUT2D eigenvalue weighted by atomic mass is 79.9. The molecule has 3 heterocycles. The first-order valence-corrected chi connectivity index (χ1v) is 6.00. The van der Waals surface area contributed by atoms with Crippen molar-refractivity contribution in [2.75, 3.05) is 0 Å². The number of hydrogen-bond donors (Lipinski definition) is 1. The Balaban J connectivity index is 2.29. The van der Waals surface area contributed by atoms with Crippen LogP contribution in [0.2, 0.25) is 0 Å². The summed E-state index contributed by atoms with van der Waals surface area (Å²) in [5, 5.41) is 0. The number of imidazole rings is 1. The van der Waals surface area contributed by atoms with Gasteiger partial charge in [-0.1, -0.05) is 6.07 Å². The molecule has 3 aromatic heterocycles. The number of hydrogen-bond acceptors (Lipinski definition) is 3. The molecule has 3 aromatic rings. The van der Waals surface area contributed by atoms with E-state index in [1.54, 1.807) is 0 Å². The summed E-state index contributed by atoms with van der Waals surface area (Å²) in [6.45, 7) is 0.412. The van der Waals surface area contributed by atoms with Crippen LogP contribution in [0.15, 0.2) is 45.6 Å². The van der Waals surface area contributed by atoms with E-state index in [1.165, 1.54) is 0 Å². The molecule has 2 N–H and O–H groups in total. The van der Waals surface area contributed by atoms with Gasteiger partial charge in [-0.3, -0.25) is 4.40 Å². The van der Waals surface area contributed by atoms with Crippen molar-refractivity contribution in [3.05, 3.63) is 46.9 Å². The molecule has 0 atom stereocenters. The first-order chi connectivity index (χ1) is 8.29. The van der Waals surface area contributed by atoms with Gasteiger partial charge < -0.3 is 10.2 Å². The molecule has 0 amide bonds. The summed E-state index contributed by atoms with van der Waals surface area (Å²) in [6.07, 6.45) is 1.95. The summed E-state index contributed by atoms with van der Waals surface area (Å²) in [6, 6.07) is 9.65. The van der Waals surface area contributed by atoms with Gasteiger partial charge in [0.2, 0.25) is 0 Å². The highest BCUT2D eigenvalue weighted by molar-refractivity contribution is 9.10. The fourth-order valence-corrected chi connectivity index (χ4v) is 2.17. The molecular formula is C12H10BrN3O. The molecule has 0 unspecified atom stereocenters. The van der Waals surface area contributed by atoms with E-state index in [4.69, 9.17) is 10.2 Å². The first kappa shape index (κ1) is 10.6. The Morgan fingerprint density at radius 1 is 1.29 bits per heavy atom. The van der Waals surface area contributed by atoms with E-state index in [0.29, 0.717) is 11.2 Å². The lowest BCUT2D eigenvalue weighted by Gasteiger charge is -1.96. The van der Waals surface area contributed by atoms with Gasteiger partial charge >= 0.3 is 0 Å². The molecule has 0 bridgehead atoms. The molecule has 0 radical (unpaired) electrons. The maximum absolute atomic E-state index is 5.70. The quantitative estimate of drug-likeness (QED) is 0.790. The zero-order chi connectivity index (χ0) is 11.8. The topological polar surface area (TPSA) is 56.5 Å². The minimum Gasteiger partial charge on any atom is -0.446 e. The number of furan rings is 1. The second kappa shape index (κ2) is 4.01. The Morgan fingerprint density at radius 2 is 2.18 bits per heavy atom. The second-order valence-corrected chi connectivity index (χ2v) is 4.43. The van der Waals surface area contributed by atoms with Crippen LogP contribution in [0, 0.1) is 0 Å². The number of nitrogens with two attached hydrogens (primary N) is 1. The standard InChI is InChI=1S/C12H10BrN3O/c13-11-5-4-10(17-11)12-15-8(7-14)9-3-1-2-6-16(9)12/h1-6H,7,14H2. The van der Waals surface area contributed by atoms with Crippen molar-refractivity contribution in [3.63, 3.8) is 0 Å². The SMILES string of the molecule is NCc1nc(-c2ccc(Br)o2)n2ccccc12. The molecular weight excluding hydrogens is 282 g/mol. The molecule has 17 heavy (non-hydrogen) atoms. The van der Waals surface area contributed by atoms with Crippen LogP contribution in [-0.2, 0) is 6.54 Å². The van der Waals surface area contributed by atoms with E-state index >= 15 is 0 Å². The summed E-state index contributed by atoms with van der Waals surface area (Å²) in [5.74, 6) is 1.49. The maximum atomic E-state index is 5.70. The van der Waals surface area contributed by atoms with Crippen LogP contribution >= 0.6 is 15.9 Å². The largest absolute Gasteiger partial charge is 0.446 e. The minimum atomic E-state index is 0.412. The van der Waals surface area contributed by atoms with Crippen molar-refractivity contribution in [1.82, 2.24) is 9.38 Å². The van der Waals surface area contributed by atoms with Crippen molar-refractivity contribution < 1.29 is 4.42 Å². The Labute approximate surface area is 106 Å². The fraction of sp³-hybridized carbons (Fsp3) is 0.0833. The summed E-state index contributed by atoms with van der Waals surface area (Å²) >= 11 is 3.29. The molecule has 86 valence electrons. The lowest BCUT2D eigenvalue weighted by molar-refractivity contribution is 0.551. The highest BCUT2D eigenvalue weighted by Gasteiger charge is 2.13. The minimum absolute atomic E-state index is 0.412. The predicted molar refractivity (Wildman–Crippen MR) is 68.5 cm³/mol. The molecule has 0 spiro atoms. The van der Waals surface area contributed by atoms with Crippen LogP contribution in [0.1, 0.15) is 5.69 Å². The lowest BCUT2D eigenvalue weighted by atomic mass is 10.3. The van der Waals surface area contributed by atoms with E-state index < -0.39 is 0 Å². The summed E-state index contributed by atoms with van der Waals surface area (Å²) in [4.78, 5) is 4.51. The van der Waals surface area contributed by atoms with E-state index in [2.05, 4.69) is 20.9 Å². The van der Waals surface area contributed by atoms with Crippen LogP contribution in [0.3, 0.4) is 0 Å². The van der Waals surface area contributed by atoms with Gasteiger partial charge in [-0.15, -0.1) is 0 Å². The molecule has 3 rings (SSSR count).